The molecular weight excluding hydrogens is 216 g/mol. The van der Waals surface area contributed by atoms with Crippen molar-refractivity contribution in [2.45, 2.75) is 0 Å². The van der Waals surface area contributed by atoms with E-state index in [4.69, 9.17) is 4.42 Å². The minimum absolute atomic E-state index is 0.975. The van der Waals surface area contributed by atoms with Gasteiger partial charge in [-0.2, -0.15) is 0 Å². The second kappa shape index (κ2) is 3.15. The van der Waals surface area contributed by atoms with Crippen LogP contribution in [0.2, 0.25) is 0 Å². The van der Waals surface area contributed by atoms with Gasteiger partial charge in [-0.15, -0.1) is 0 Å². The van der Waals surface area contributed by atoms with E-state index < -0.39 is 0 Å². The van der Waals surface area contributed by atoms with Crippen LogP contribution in [0.1, 0.15) is 0 Å². The van der Waals surface area contributed by atoms with E-state index in [9.17, 15) is 0 Å². The lowest BCUT2D eigenvalue weighted by Gasteiger charge is -1.98. The lowest BCUT2D eigenvalue weighted by Crippen LogP contribution is -1.74. The molecule has 59 valence electrons. The summed E-state index contributed by atoms with van der Waals surface area (Å²) in [5, 5.41) is 0. The molecule has 0 atom stereocenters. The quantitative estimate of drug-likeness (QED) is 0.719. The van der Waals surface area contributed by atoms with Gasteiger partial charge in [-0.05, 0) is 11.6 Å². The standard InChI is InChI=1S/C10H6BrO/c11-10-4-2-1-3-9(10)8-5-6-12-7-8/h1-4,6-7H. The number of furan rings is 1. The molecule has 1 nitrogen and oxygen atoms in total. The van der Waals surface area contributed by atoms with Gasteiger partial charge in [-0.1, -0.05) is 34.1 Å². The highest BCUT2D eigenvalue weighted by Gasteiger charge is 2.01. The predicted octanol–water partition coefficient (Wildman–Crippen LogP) is 3.51. The molecule has 1 aromatic carbocycles. The molecule has 1 radical (unpaired) electrons. The SMILES string of the molecule is Brc1ccccc1-c1[c]coc1. The number of rotatable bonds is 1. The summed E-state index contributed by atoms with van der Waals surface area (Å²) < 4.78 is 6.01. The van der Waals surface area contributed by atoms with Crippen LogP contribution in [0.15, 0.2) is 45.7 Å². The zero-order valence-corrected chi connectivity index (χ0v) is 7.84. The Morgan fingerprint density at radius 3 is 2.75 bits per heavy atom. The first-order valence-electron chi connectivity index (χ1n) is 3.57. The largest absolute Gasteiger partial charge is 0.471 e. The number of benzene rings is 1. The van der Waals surface area contributed by atoms with Crippen molar-refractivity contribution >= 4 is 15.9 Å². The normalized spacial score (nSPS) is 10.1. The molecule has 1 aromatic heterocycles. The van der Waals surface area contributed by atoms with E-state index in [1.807, 2.05) is 24.3 Å². The van der Waals surface area contributed by atoms with Crippen molar-refractivity contribution in [1.82, 2.24) is 0 Å². The summed E-state index contributed by atoms with van der Waals surface area (Å²) >= 11 is 3.46. The van der Waals surface area contributed by atoms with Gasteiger partial charge in [0.05, 0.1) is 12.5 Å². The zero-order valence-electron chi connectivity index (χ0n) is 6.25. The molecule has 0 aliphatic rings. The fourth-order valence-electron chi connectivity index (χ4n) is 1.05. The van der Waals surface area contributed by atoms with Crippen LogP contribution < -0.4 is 0 Å². The van der Waals surface area contributed by atoms with Crippen LogP contribution in [0.3, 0.4) is 0 Å². The van der Waals surface area contributed by atoms with Gasteiger partial charge in [0, 0.05) is 16.1 Å². The maximum atomic E-state index is 4.95. The molecule has 0 spiro atoms. The summed E-state index contributed by atoms with van der Waals surface area (Å²) in [5.41, 5.74) is 2.08. The van der Waals surface area contributed by atoms with Crippen LogP contribution in [0.5, 0.6) is 0 Å². The summed E-state index contributed by atoms with van der Waals surface area (Å²) in [6, 6.07) is 11.0. The summed E-state index contributed by atoms with van der Waals surface area (Å²) in [6.45, 7) is 0. The molecular formula is C10H6BrO. The van der Waals surface area contributed by atoms with E-state index >= 15 is 0 Å². The van der Waals surface area contributed by atoms with E-state index in [1.165, 1.54) is 0 Å². The van der Waals surface area contributed by atoms with Gasteiger partial charge in [-0.25, -0.2) is 0 Å². The monoisotopic (exact) mass is 221 g/mol. The van der Waals surface area contributed by atoms with Crippen molar-refractivity contribution in [2.75, 3.05) is 0 Å². The molecule has 0 aliphatic carbocycles. The Balaban J connectivity index is 2.55. The summed E-state index contributed by atoms with van der Waals surface area (Å²) in [6.07, 6.45) is 3.23. The average molecular weight is 222 g/mol. The van der Waals surface area contributed by atoms with Gasteiger partial charge >= 0.3 is 0 Å². The van der Waals surface area contributed by atoms with Gasteiger partial charge in [-0.3, -0.25) is 0 Å². The molecule has 0 bridgehead atoms. The summed E-state index contributed by atoms with van der Waals surface area (Å²) in [4.78, 5) is 0. The first kappa shape index (κ1) is 7.62. The first-order valence-corrected chi connectivity index (χ1v) is 4.36. The third kappa shape index (κ3) is 1.30. The lowest BCUT2D eigenvalue weighted by molar-refractivity contribution is 0.567. The molecule has 2 heteroatoms. The molecule has 12 heavy (non-hydrogen) atoms. The van der Waals surface area contributed by atoms with Gasteiger partial charge in [0.2, 0.25) is 0 Å². The molecule has 2 rings (SSSR count). The number of halogens is 1. The third-order valence-electron chi connectivity index (χ3n) is 1.63. The second-order valence-electron chi connectivity index (χ2n) is 2.41. The maximum Gasteiger partial charge on any atom is 0.0988 e. The van der Waals surface area contributed by atoms with Crippen molar-refractivity contribution in [3.8, 4) is 11.1 Å². The highest BCUT2D eigenvalue weighted by atomic mass is 79.9. The highest BCUT2D eigenvalue weighted by molar-refractivity contribution is 9.10. The van der Waals surface area contributed by atoms with Crippen molar-refractivity contribution in [3.63, 3.8) is 0 Å². The fourth-order valence-corrected chi connectivity index (χ4v) is 1.55. The van der Waals surface area contributed by atoms with Crippen molar-refractivity contribution < 1.29 is 4.42 Å². The van der Waals surface area contributed by atoms with Crippen molar-refractivity contribution in [2.24, 2.45) is 0 Å². The van der Waals surface area contributed by atoms with E-state index in [-0.39, 0.29) is 0 Å². The van der Waals surface area contributed by atoms with Crippen LogP contribution in [-0.2, 0) is 0 Å². The Bertz CT molecular complexity index is 365. The van der Waals surface area contributed by atoms with Crippen LogP contribution >= 0.6 is 15.9 Å². The Morgan fingerprint density at radius 2 is 2.08 bits per heavy atom. The molecule has 2 aromatic rings. The molecule has 0 fully saturated rings. The molecule has 0 N–H and O–H groups in total. The molecule has 0 unspecified atom stereocenters. The van der Waals surface area contributed by atoms with Crippen LogP contribution in [0, 0.1) is 6.07 Å². The number of hydrogen-bond donors (Lipinski definition) is 0. The third-order valence-corrected chi connectivity index (χ3v) is 2.32. The smallest absolute Gasteiger partial charge is 0.0988 e. The first-order chi connectivity index (χ1) is 5.88. The highest BCUT2D eigenvalue weighted by Crippen LogP contribution is 2.27. The lowest BCUT2D eigenvalue weighted by atomic mass is 10.1. The van der Waals surface area contributed by atoms with Gasteiger partial charge in [0.25, 0.3) is 0 Å². The van der Waals surface area contributed by atoms with Crippen molar-refractivity contribution in [1.29, 1.82) is 0 Å². The van der Waals surface area contributed by atoms with E-state index in [0.717, 1.165) is 15.6 Å². The molecule has 0 saturated heterocycles. The Hall–Kier alpha value is -1.02. The van der Waals surface area contributed by atoms with E-state index in [1.54, 1.807) is 12.5 Å². The second-order valence-corrected chi connectivity index (χ2v) is 3.26. The van der Waals surface area contributed by atoms with Crippen LogP contribution in [0.4, 0.5) is 0 Å². The Kier molecular flexibility index (Phi) is 2.00. The predicted molar refractivity (Wildman–Crippen MR) is 50.7 cm³/mol. The minimum atomic E-state index is 0.975. The topological polar surface area (TPSA) is 13.1 Å². The van der Waals surface area contributed by atoms with E-state index in [0.29, 0.717) is 0 Å². The van der Waals surface area contributed by atoms with Crippen molar-refractivity contribution in [3.05, 3.63) is 47.3 Å². The van der Waals surface area contributed by atoms with E-state index in [2.05, 4.69) is 22.0 Å². The zero-order chi connectivity index (χ0) is 8.39. The minimum Gasteiger partial charge on any atom is -0.471 e. The van der Waals surface area contributed by atoms with Gasteiger partial charge in [0.15, 0.2) is 0 Å². The Morgan fingerprint density at radius 1 is 1.25 bits per heavy atom. The molecule has 1 heterocycles. The number of hydrogen-bond acceptors (Lipinski definition) is 1. The molecule has 0 aliphatic heterocycles. The molecule has 0 saturated carbocycles. The Labute approximate surface area is 79.2 Å². The van der Waals surface area contributed by atoms with Crippen LogP contribution in [-0.4, -0.2) is 0 Å². The molecule has 0 amide bonds. The maximum absolute atomic E-state index is 4.95. The average Bonchev–Trinajstić information content (AvgIpc) is 2.57. The summed E-state index contributed by atoms with van der Waals surface area (Å²) in [5.74, 6) is 0. The van der Waals surface area contributed by atoms with Gasteiger partial charge in [0.1, 0.15) is 0 Å². The fraction of sp³-hybridized carbons (Fsp3) is 0. The van der Waals surface area contributed by atoms with Gasteiger partial charge < -0.3 is 4.42 Å². The summed E-state index contributed by atoms with van der Waals surface area (Å²) in [7, 11) is 0. The van der Waals surface area contributed by atoms with Crippen LogP contribution in [0.25, 0.3) is 11.1 Å².